The van der Waals surface area contributed by atoms with Crippen molar-refractivity contribution in [1.82, 2.24) is 9.78 Å². The number of aromatic nitrogens is 2. The Bertz CT molecular complexity index is 1220. The maximum Gasteiger partial charge on any atom is 0.243 e. The predicted octanol–water partition coefficient (Wildman–Crippen LogP) is 2.85. The van der Waals surface area contributed by atoms with E-state index in [1.54, 1.807) is 15.8 Å². The molecule has 1 spiro atoms. The van der Waals surface area contributed by atoms with Gasteiger partial charge in [-0.1, -0.05) is 53.9 Å². The average Bonchev–Trinajstić information content (AvgIpc) is 3.24. The van der Waals surface area contributed by atoms with Crippen molar-refractivity contribution in [3.8, 4) is 12.3 Å². The molecule has 1 aromatic heterocycles. The molecule has 30 heavy (non-hydrogen) atoms. The van der Waals surface area contributed by atoms with Crippen LogP contribution < -0.4 is 10.2 Å². The zero-order chi connectivity index (χ0) is 20.9. The summed E-state index contributed by atoms with van der Waals surface area (Å²) in [5.41, 5.74) is 3.41. The molecule has 2 aliphatic rings. The van der Waals surface area contributed by atoms with E-state index in [9.17, 15) is 9.59 Å². The van der Waals surface area contributed by atoms with Gasteiger partial charge in [0.25, 0.3) is 0 Å². The van der Waals surface area contributed by atoms with E-state index in [0.717, 1.165) is 16.8 Å². The van der Waals surface area contributed by atoms with Gasteiger partial charge in [-0.25, -0.2) is 4.68 Å². The molecule has 3 heterocycles. The molecule has 0 unspecified atom stereocenters. The number of aryl methyl sites for hydroxylation is 1. The van der Waals surface area contributed by atoms with Gasteiger partial charge < -0.3 is 5.32 Å². The van der Waals surface area contributed by atoms with Crippen LogP contribution in [0.1, 0.15) is 28.7 Å². The van der Waals surface area contributed by atoms with E-state index in [1.165, 1.54) is 5.56 Å². The van der Waals surface area contributed by atoms with Gasteiger partial charge in [-0.2, -0.15) is 5.10 Å². The molecule has 0 bridgehead atoms. The van der Waals surface area contributed by atoms with Gasteiger partial charge in [0.05, 0.1) is 19.3 Å². The molecule has 0 saturated heterocycles. The lowest BCUT2D eigenvalue weighted by Crippen LogP contribution is -2.46. The molecule has 1 atom stereocenters. The SMILES string of the molecule is C#CCN1C(=O)[C@@]2(CC(=O)Nc3c2cnn3Cc2ccc(C)cc2)c2ccccc21. The smallest absolute Gasteiger partial charge is 0.243 e. The second-order valence-corrected chi connectivity index (χ2v) is 7.79. The third-order valence-corrected chi connectivity index (χ3v) is 5.95. The average molecular weight is 396 g/mol. The van der Waals surface area contributed by atoms with Crippen LogP contribution in [0, 0.1) is 19.3 Å². The molecule has 148 valence electrons. The topological polar surface area (TPSA) is 67.2 Å². The van der Waals surface area contributed by atoms with Crippen LogP contribution in [-0.4, -0.2) is 28.1 Å². The lowest BCUT2D eigenvalue weighted by molar-refractivity contribution is -0.126. The standard InChI is InChI=1S/C24H20N4O2/c1-3-12-27-20-7-5-4-6-18(20)24(23(27)30)13-21(29)26-22-19(24)14-25-28(22)15-17-10-8-16(2)9-11-17/h1,4-11,14H,12-13,15H2,2H3,(H,26,29)/t24-/m0/s1. The van der Waals surface area contributed by atoms with Crippen molar-refractivity contribution < 1.29 is 9.59 Å². The van der Waals surface area contributed by atoms with Crippen LogP contribution in [0.15, 0.2) is 54.7 Å². The molecule has 3 aromatic rings. The minimum atomic E-state index is -1.10. The molecule has 0 saturated carbocycles. The number of fused-ring (bicyclic) bond motifs is 4. The number of rotatable bonds is 3. The number of carbonyl (C=O) groups excluding carboxylic acids is 2. The van der Waals surface area contributed by atoms with Crippen LogP contribution >= 0.6 is 0 Å². The Morgan fingerprint density at radius 3 is 2.67 bits per heavy atom. The van der Waals surface area contributed by atoms with E-state index in [1.807, 2.05) is 55.5 Å². The summed E-state index contributed by atoms with van der Waals surface area (Å²) in [4.78, 5) is 28.0. The van der Waals surface area contributed by atoms with Gasteiger partial charge >= 0.3 is 0 Å². The summed E-state index contributed by atoms with van der Waals surface area (Å²) in [6.07, 6.45) is 7.27. The Balaban J connectivity index is 1.65. The zero-order valence-corrected chi connectivity index (χ0v) is 16.6. The molecule has 2 aromatic carbocycles. The number of anilines is 2. The Morgan fingerprint density at radius 1 is 1.13 bits per heavy atom. The number of nitrogens with zero attached hydrogens (tertiary/aromatic N) is 3. The van der Waals surface area contributed by atoms with E-state index in [2.05, 4.69) is 16.3 Å². The highest BCUT2D eigenvalue weighted by Crippen LogP contribution is 2.52. The summed E-state index contributed by atoms with van der Waals surface area (Å²) in [6.45, 7) is 2.69. The largest absolute Gasteiger partial charge is 0.311 e. The molecule has 2 amide bonds. The number of nitrogens with one attached hydrogen (secondary N) is 1. The molecular weight excluding hydrogens is 376 g/mol. The van der Waals surface area contributed by atoms with Crippen LogP contribution in [0.5, 0.6) is 0 Å². The van der Waals surface area contributed by atoms with Crippen molar-refractivity contribution >= 4 is 23.3 Å². The van der Waals surface area contributed by atoms with E-state index < -0.39 is 5.41 Å². The molecule has 0 aliphatic carbocycles. The number of hydrogen-bond donors (Lipinski definition) is 1. The normalized spacial score (nSPS) is 19.4. The highest BCUT2D eigenvalue weighted by molar-refractivity contribution is 6.15. The van der Waals surface area contributed by atoms with Crippen molar-refractivity contribution in [3.63, 3.8) is 0 Å². The van der Waals surface area contributed by atoms with Crippen molar-refractivity contribution in [2.45, 2.75) is 25.3 Å². The fraction of sp³-hybridized carbons (Fsp3) is 0.208. The summed E-state index contributed by atoms with van der Waals surface area (Å²) in [6, 6.07) is 15.7. The monoisotopic (exact) mass is 396 g/mol. The van der Waals surface area contributed by atoms with Crippen molar-refractivity contribution in [3.05, 3.63) is 77.0 Å². The molecule has 0 fully saturated rings. The first-order chi connectivity index (χ1) is 14.5. The zero-order valence-electron chi connectivity index (χ0n) is 16.6. The third-order valence-electron chi connectivity index (χ3n) is 5.95. The number of hydrogen-bond acceptors (Lipinski definition) is 3. The first-order valence-corrected chi connectivity index (χ1v) is 9.81. The molecule has 6 heteroatoms. The highest BCUT2D eigenvalue weighted by atomic mass is 16.2. The number of para-hydroxylation sites is 1. The first-order valence-electron chi connectivity index (χ1n) is 9.81. The lowest BCUT2D eigenvalue weighted by atomic mass is 9.72. The van der Waals surface area contributed by atoms with Gasteiger partial charge in [0.2, 0.25) is 11.8 Å². The fourth-order valence-corrected chi connectivity index (χ4v) is 4.53. The number of terminal acetylenes is 1. The van der Waals surface area contributed by atoms with Crippen LogP contribution in [0.3, 0.4) is 0 Å². The Kier molecular flexibility index (Phi) is 4.00. The number of amides is 2. The van der Waals surface area contributed by atoms with E-state index in [0.29, 0.717) is 17.9 Å². The van der Waals surface area contributed by atoms with Gasteiger partial charge in [0.1, 0.15) is 11.2 Å². The van der Waals surface area contributed by atoms with Crippen molar-refractivity contribution in [2.24, 2.45) is 0 Å². The quantitative estimate of drug-likeness (QED) is 0.693. The van der Waals surface area contributed by atoms with Crippen molar-refractivity contribution in [2.75, 3.05) is 16.8 Å². The molecular formula is C24H20N4O2. The number of carbonyl (C=O) groups is 2. The van der Waals surface area contributed by atoms with E-state index >= 15 is 0 Å². The maximum absolute atomic E-state index is 13.7. The van der Waals surface area contributed by atoms with E-state index in [-0.39, 0.29) is 24.8 Å². The molecule has 6 nitrogen and oxygen atoms in total. The second-order valence-electron chi connectivity index (χ2n) is 7.79. The molecule has 0 radical (unpaired) electrons. The van der Waals surface area contributed by atoms with Gasteiger partial charge in [0.15, 0.2) is 0 Å². The Morgan fingerprint density at radius 2 is 1.90 bits per heavy atom. The van der Waals surface area contributed by atoms with Gasteiger partial charge in [0, 0.05) is 17.7 Å². The minimum Gasteiger partial charge on any atom is -0.311 e. The van der Waals surface area contributed by atoms with Crippen LogP contribution in [0.2, 0.25) is 0 Å². The van der Waals surface area contributed by atoms with Crippen molar-refractivity contribution in [1.29, 1.82) is 0 Å². The minimum absolute atomic E-state index is 0.0349. The lowest BCUT2D eigenvalue weighted by Gasteiger charge is -2.32. The summed E-state index contributed by atoms with van der Waals surface area (Å²) in [5.74, 6) is 2.75. The van der Waals surface area contributed by atoms with Crippen LogP contribution in [-0.2, 0) is 21.5 Å². The number of benzene rings is 2. The first kappa shape index (κ1) is 18.2. The van der Waals surface area contributed by atoms with Crippen LogP contribution in [0.25, 0.3) is 0 Å². The predicted molar refractivity (Wildman–Crippen MR) is 114 cm³/mol. The second kappa shape index (κ2) is 6.60. The van der Waals surface area contributed by atoms with Gasteiger partial charge in [-0.3, -0.25) is 14.5 Å². The van der Waals surface area contributed by atoms with Crippen LogP contribution in [0.4, 0.5) is 11.5 Å². The van der Waals surface area contributed by atoms with Gasteiger partial charge in [-0.05, 0) is 24.1 Å². The third kappa shape index (κ3) is 2.49. The Hall–Kier alpha value is -3.85. The molecule has 1 N–H and O–H groups in total. The summed E-state index contributed by atoms with van der Waals surface area (Å²) < 4.78 is 1.75. The van der Waals surface area contributed by atoms with Gasteiger partial charge in [-0.15, -0.1) is 6.42 Å². The molecule has 2 aliphatic heterocycles. The highest BCUT2D eigenvalue weighted by Gasteiger charge is 2.56. The fourth-order valence-electron chi connectivity index (χ4n) is 4.53. The summed E-state index contributed by atoms with van der Waals surface area (Å²) in [7, 11) is 0. The maximum atomic E-state index is 13.7. The Labute approximate surface area is 174 Å². The summed E-state index contributed by atoms with van der Waals surface area (Å²) >= 11 is 0. The van der Waals surface area contributed by atoms with E-state index in [4.69, 9.17) is 6.42 Å². The summed E-state index contributed by atoms with van der Waals surface area (Å²) in [5, 5.41) is 7.48. The molecule has 5 rings (SSSR count).